The Labute approximate surface area is 104 Å². The van der Waals surface area contributed by atoms with Crippen LogP contribution in [0.25, 0.3) is 0 Å². The standard InChI is InChI=1S/C13H24O4/c1-10(14)13(5,6)16-9-7-8-12(3,4)17-11(2)15/h7-9H2,1-6H3. The summed E-state index contributed by atoms with van der Waals surface area (Å²) in [6, 6.07) is 0. The molecule has 4 heteroatoms. The summed E-state index contributed by atoms with van der Waals surface area (Å²) in [6.45, 7) is 10.6. The van der Waals surface area contributed by atoms with E-state index in [1.165, 1.54) is 13.8 Å². The van der Waals surface area contributed by atoms with Gasteiger partial charge in [-0.1, -0.05) is 0 Å². The van der Waals surface area contributed by atoms with Crippen molar-refractivity contribution in [2.75, 3.05) is 6.61 Å². The fraction of sp³-hybridized carbons (Fsp3) is 0.846. The van der Waals surface area contributed by atoms with Crippen molar-refractivity contribution in [2.24, 2.45) is 0 Å². The first kappa shape index (κ1) is 16.1. The van der Waals surface area contributed by atoms with Crippen LogP contribution in [0.5, 0.6) is 0 Å². The number of ketones is 1. The van der Waals surface area contributed by atoms with Crippen LogP contribution in [0.1, 0.15) is 54.4 Å². The SMILES string of the molecule is CC(=O)OC(C)(C)CCCOC(C)(C)C(C)=O. The molecular weight excluding hydrogens is 220 g/mol. The number of rotatable bonds is 7. The zero-order valence-corrected chi connectivity index (χ0v) is 11.8. The van der Waals surface area contributed by atoms with Gasteiger partial charge in [0.05, 0.1) is 0 Å². The molecule has 0 bridgehead atoms. The molecule has 0 aliphatic carbocycles. The maximum Gasteiger partial charge on any atom is 0.303 e. The fourth-order valence-electron chi connectivity index (χ4n) is 1.37. The molecule has 0 saturated carbocycles. The van der Waals surface area contributed by atoms with E-state index in [1.54, 1.807) is 13.8 Å². The van der Waals surface area contributed by atoms with Gasteiger partial charge >= 0.3 is 5.97 Å². The first-order chi connectivity index (χ1) is 7.57. The lowest BCUT2D eigenvalue weighted by Crippen LogP contribution is -2.34. The maximum atomic E-state index is 11.2. The van der Waals surface area contributed by atoms with E-state index in [0.29, 0.717) is 13.0 Å². The van der Waals surface area contributed by atoms with Crippen LogP contribution >= 0.6 is 0 Å². The molecule has 0 atom stereocenters. The zero-order valence-electron chi connectivity index (χ0n) is 11.8. The number of ether oxygens (including phenoxy) is 2. The van der Waals surface area contributed by atoms with Gasteiger partial charge < -0.3 is 9.47 Å². The fourth-order valence-corrected chi connectivity index (χ4v) is 1.37. The highest BCUT2D eigenvalue weighted by molar-refractivity contribution is 5.83. The Bertz CT molecular complexity index is 279. The molecule has 100 valence electrons. The van der Waals surface area contributed by atoms with Gasteiger partial charge in [-0.05, 0) is 47.5 Å². The minimum Gasteiger partial charge on any atom is -0.460 e. The molecule has 0 aromatic heterocycles. The van der Waals surface area contributed by atoms with Crippen LogP contribution < -0.4 is 0 Å². The van der Waals surface area contributed by atoms with Gasteiger partial charge in [0, 0.05) is 13.5 Å². The summed E-state index contributed by atoms with van der Waals surface area (Å²) in [5.41, 5.74) is -1.21. The van der Waals surface area contributed by atoms with Crippen LogP contribution in [-0.4, -0.2) is 29.6 Å². The molecule has 0 aromatic rings. The molecule has 0 spiro atoms. The molecule has 17 heavy (non-hydrogen) atoms. The molecule has 0 fully saturated rings. The van der Waals surface area contributed by atoms with E-state index in [0.717, 1.165) is 6.42 Å². The third-order valence-corrected chi connectivity index (χ3v) is 2.65. The average Bonchev–Trinajstić information content (AvgIpc) is 2.10. The summed E-state index contributed by atoms with van der Waals surface area (Å²) in [5.74, 6) is -0.267. The first-order valence-corrected chi connectivity index (χ1v) is 5.91. The van der Waals surface area contributed by atoms with Crippen LogP contribution in [0.4, 0.5) is 0 Å². The highest BCUT2D eigenvalue weighted by Crippen LogP contribution is 2.18. The predicted molar refractivity (Wildman–Crippen MR) is 65.8 cm³/mol. The lowest BCUT2D eigenvalue weighted by molar-refractivity contribution is -0.154. The number of carbonyl (C=O) groups excluding carboxylic acids is 2. The molecular formula is C13H24O4. The molecule has 0 aliphatic heterocycles. The monoisotopic (exact) mass is 244 g/mol. The Hall–Kier alpha value is -0.900. The number of hydrogen-bond acceptors (Lipinski definition) is 4. The van der Waals surface area contributed by atoms with E-state index in [9.17, 15) is 9.59 Å². The van der Waals surface area contributed by atoms with E-state index in [2.05, 4.69) is 0 Å². The minimum atomic E-state index is -0.731. The van der Waals surface area contributed by atoms with Gasteiger partial charge in [-0.15, -0.1) is 0 Å². The Balaban J connectivity index is 3.93. The third kappa shape index (κ3) is 7.10. The number of hydrogen-bond donors (Lipinski definition) is 0. The number of carbonyl (C=O) groups is 2. The second-order valence-corrected chi connectivity index (χ2v) is 5.37. The van der Waals surface area contributed by atoms with Gasteiger partial charge in [0.25, 0.3) is 0 Å². The van der Waals surface area contributed by atoms with Crippen LogP contribution in [0.3, 0.4) is 0 Å². The van der Waals surface area contributed by atoms with E-state index in [-0.39, 0.29) is 11.8 Å². The van der Waals surface area contributed by atoms with E-state index in [4.69, 9.17) is 9.47 Å². The van der Waals surface area contributed by atoms with E-state index < -0.39 is 11.2 Å². The van der Waals surface area contributed by atoms with Crippen molar-refractivity contribution in [3.05, 3.63) is 0 Å². The Morgan fingerprint density at radius 2 is 1.59 bits per heavy atom. The van der Waals surface area contributed by atoms with Crippen molar-refractivity contribution < 1.29 is 19.1 Å². The lowest BCUT2D eigenvalue weighted by atomic mass is 10.0. The first-order valence-electron chi connectivity index (χ1n) is 5.91. The van der Waals surface area contributed by atoms with E-state index >= 15 is 0 Å². The van der Waals surface area contributed by atoms with Gasteiger partial charge in [-0.25, -0.2) is 0 Å². The highest BCUT2D eigenvalue weighted by atomic mass is 16.6. The second-order valence-electron chi connectivity index (χ2n) is 5.37. The Kier molecular flexibility index (Phi) is 5.82. The molecule has 0 aromatic carbocycles. The molecule has 0 unspecified atom stereocenters. The van der Waals surface area contributed by atoms with Gasteiger partial charge in [0.1, 0.15) is 11.2 Å². The van der Waals surface area contributed by atoms with Crippen LogP contribution in [-0.2, 0) is 19.1 Å². The zero-order chi connectivity index (χ0) is 13.7. The van der Waals surface area contributed by atoms with Crippen LogP contribution in [0.15, 0.2) is 0 Å². The highest BCUT2D eigenvalue weighted by Gasteiger charge is 2.25. The molecule has 0 heterocycles. The summed E-state index contributed by atoms with van der Waals surface area (Å²) in [6.07, 6.45) is 1.46. The van der Waals surface area contributed by atoms with Gasteiger partial charge in [-0.3, -0.25) is 9.59 Å². The smallest absolute Gasteiger partial charge is 0.303 e. The lowest BCUT2D eigenvalue weighted by Gasteiger charge is -2.26. The number of esters is 1. The summed E-state index contributed by atoms with van der Waals surface area (Å²) in [7, 11) is 0. The van der Waals surface area contributed by atoms with Gasteiger partial charge in [-0.2, -0.15) is 0 Å². The largest absolute Gasteiger partial charge is 0.460 e. The predicted octanol–water partition coefficient (Wildman–Crippen LogP) is 2.49. The van der Waals surface area contributed by atoms with Crippen molar-refractivity contribution >= 4 is 11.8 Å². The maximum absolute atomic E-state index is 11.2. The van der Waals surface area contributed by atoms with Crippen molar-refractivity contribution in [1.29, 1.82) is 0 Å². The summed E-state index contributed by atoms with van der Waals surface area (Å²) in [4.78, 5) is 22.1. The molecule has 0 N–H and O–H groups in total. The van der Waals surface area contributed by atoms with E-state index in [1.807, 2.05) is 13.8 Å². The molecule has 4 nitrogen and oxygen atoms in total. The topological polar surface area (TPSA) is 52.6 Å². The quantitative estimate of drug-likeness (QED) is 0.510. The summed E-state index contributed by atoms with van der Waals surface area (Å²) >= 11 is 0. The Morgan fingerprint density at radius 1 is 1.06 bits per heavy atom. The Morgan fingerprint density at radius 3 is 2.00 bits per heavy atom. The van der Waals surface area contributed by atoms with Gasteiger partial charge in [0.2, 0.25) is 0 Å². The molecule has 0 amide bonds. The molecule has 0 radical (unpaired) electrons. The van der Waals surface area contributed by atoms with Crippen molar-refractivity contribution in [3.8, 4) is 0 Å². The average molecular weight is 244 g/mol. The van der Waals surface area contributed by atoms with Crippen molar-refractivity contribution in [1.82, 2.24) is 0 Å². The molecule has 0 aliphatic rings. The van der Waals surface area contributed by atoms with Crippen LogP contribution in [0, 0.1) is 0 Å². The molecule has 0 rings (SSSR count). The minimum absolute atomic E-state index is 0.0109. The normalized spacial score (nSPS) is 12.4. The van der Waals surface area contributed by atoms with Gasteiger partial charge in [0.15, 0.2) is 5.78 Å². The number of Topliss-reactive ketones (excluding diaryl/α,β-unsaturated/α-hetero) is 1. The van der Waals surface area contributed by atoms with Crippen molar-refractivity contribution in [2.45, 2.75) is 65.6 Å². The second kappa shape index (κ2) is 6.15. The summed E-state index contributed by atoms with van der Waals surface area (Å²) < 4.78 is 10.7. The molecule has 0 saturated heterocycles. The van der Waals surface area contributed by atoms with Crippen molar-refractivity contribution in [3.63, 3.8) is 0 Å². The van der Waals surface area contributed by atoms with Crippen LogP contribution in [0.2, 0.25) is 0 Å². The summed E-state index contributed by atoms with van der Waals surface area (Å²) in [5, 5.41) is 0. The third-order valence-electron chi connectivity index (χ3n) is 2.65.